The molecule has 0 N–H and O–H groups in total. The number of rotatable bonds is 4. The van der Waals surface area contributed by atoms with E-state index in [1.54, 1.807) is 26.2 Å². The van der Waals surface area contributed by atoms with Crippen molar-refractivity contribution in [1.82, 2.24) is 9.97 Å². The highest BCUT2D eigenvalue weighted by molar-refractivity contribution is 6.38. The van der Waals surface area contributed by atoms with Gasteiger partial charge in [-0.3, -0.25) is 9.37 Å². The monoisotopic (exact) mass is 272 g/mol. The standard InChI is InChI=1S/C12H13B3F2N2O/c13-11-18-4-3-10(19-11)20-6-7-1-2-8(5-9(7)16)12(14,15)17/h1-5H,6,13-15H2. The molecule has 0 unspecified atom stereocenters. The van der Waals surface area contributed by atoms with Crippen molar-refractivity contribution in [3.05, 3.63) is 47.4 Å². The van der Waals surface area contributed by atoms with Crippen molar-refractivity contribution in [3.8, 4) is 5.88 Å². The number of hydrogen-bond acceptors (Lipinski definition) is 3. The Balaban J connectivity index is 2.11. The Morgan fingerprint density at radius 1 is 1.25 bits per heavy atom. The van der Waals surface area contributed by atoms with Crippen molar-refractivity contribution in [2.45, 2.75) is 12.1 Å². The Bertz CT molecular complexity index is 620. The summed E-state index contributed by atoms with van der Waals surface area (Å²) in [6.45, 7) is 0.0370. The van der Waals surface area contributed by atoms with Crippen LogP contribution in [0.4, 0.5) is 8.78 Å². The molecule has 1 aromatic carbocycles. The molecule has 2 aromatic rings. The van der Waals surface area contributed by atoms with Crippen LogP contribution in [-0.2, 0) is 12.1 Å². The van der Waals surface area contributed by atoms with Crippen molar-refractivity contribution in [2.24, 2.45) is 0 Å². The first kappa shape index (κ1) is 14.6. The normalized spacial score (nSPS) is 11.3. The molecule has 0 fully saturated rings. The summed E-state index contributed by atoms with van der Waals surface area (Å²) >= 11 is 0. The quantitative estimate of drug-likeness (QED) is 0.656. The molecule has 0 saturated carbocycles. The molecule has 20 heavy (non-hydrogen) atoms. The number of aromatic nitrogens is 2. The molecule has 0 aliphatic rings. The molecule has 100 valence electrons. The Kier molecular flexibility index (Phi) is 4.11. The molecule has 2 rings (SSSR count). The average molecular weight is 272 g/mol. The zero-order chi connectivity index (χ0) is 14.8. The summed E-state index contributed by atoms with van der Waals surface area (Å²) in [6.07, 6.45) is 1.57. The molecule has 0 bridgehead atoms. The number of halogens is 2. The maximum absolute atomic E-state index is 13.9. The predicted molar refractivity (Wildman–Crippen MR) is 80.8 cm³/mol. The molecule has 0 aliphatic heterocycles. The fraction of sp³-hybridized carbons (Fsp3) is 0.167. The SMILES string of the molecule is Bc1nccc(OCc2ccc(C(B)(B)F)cc2F)n1. The molecule has 0 amide bonds. The lowest BCUT2D eigenvalue weighted by Gasteiger charge is -2.16. The predicted octanol–water partition coefficient (Wildman–Crippen LogP) is -1.20. The molecule has 0 saturated heterocycles. The van der Waals surface area contributed by atoms with E-state index in [1.165, 1.54) is 27.8 Å². The van der Waals surface area contributed by atoms with Gasteiger partial charge in [-0.1, -0.05) is 12.1 Å². The van der Waals surface area contributed by atoms with E-state index in [9.17, 15) is 8.78 Å². The maximum atomic E-state index is 13.9. The fourth-order valence-electron chi connectivity index (χ4n) is 1.70. The van der Waals surface area contributed by atoms with Crippen molar-refractivity contribution in [3.63, 3.8) is 0 Å². The number of alkyl halides is 1. The summed E-state index contributed by atoms with van der Waals surface area (Å²) < 4.78 is 33.0. The Labute approximate surface area is 119 Å². The third-order valence-corrected chi connectivity index (χ3v) is 2.87. The van der Waals surface area contributed by atoms with Crippen LogP contribution in [0.3, 0.4) is 0 Å². The highest BCUT2D eigenvalue weighted by Crippen LogP contribution is 2.21. The summed E-state index contributed by atoms with van der Waals surface area (Å²) in [5.41, 5.74) is -0.326. The topological polar surface area (TPSA) is 35.0 Å². The molecule has 0 aliphatic carbocycles. The van der Waals surface area contributed by atoms with Gasteiger partial charge in [-0.2, -0.15) is 0 Å². The van der Waals surface area contributed by atoms with Crippen LogP contribution >= 0.6 is 0 Å². The lowest BCUT2D eigenvalue weighted by Crippen LogP contribution is -2.20. The number of ether oxygens (including phenoxy) is 1. The Hall–Kier alpha value is -1.85. The van der Waals surface area contributed by atoms with Gasteiger partial charge >= 0.3 is 0 Å². The summed E-state index contributed by atoms with van der Waals surface area (Å²) in [6, 6.07) is 5.89. The Morgan fingerprint density at radius 3 is 2.60 bits per heavy atom. The van der Waals surface area contributed by atoms with Crippen molar-refractivity contribution in [2.75, 3.05) is 0 Å². The van der Waals surface area contributed by atoms with Gasteiger partial charge in [-0.05, 0) is 11.6 Å². The highest BCUT2D eigenvalue weighted by Gasteiger charge is 2.20. The lowest BCUT2D eigenvalue weighted by molar-refractivity contribution is 0.288. The van der Waals surface area contributed by atoms with E-state index < -0.39 is 11.3 Å². The number of hydrogen-bond donors (Lipinski definition) is 0. The van der Waals surface area contributed by atoms with Crippen LogP contribution in [-0.4, -0.2) is 33.5 Å². The van der Waals surface area contributed by atoms with Gasteiger partial charge in [0.1, 0.15) is 28.1 Å². The van der Waals surface area contributed by atoms with Crippen LogP contribution in [0.15, 0.2) is 30.5 Å². The summed E-state index contributed by atoms with van der Waals surface area (Å²) in [7, 11) is 4.52. The van der Waals surface area contributed by atoms with Crippen LogP contribution in [0.1, 0.15) is 11.1 Å². The number of nitrogens with zero attached hydrogens (tertiary/aromatic N) is 2. The van der Waals surface area contributed by atoms with Crippen LogP contribution in [0.5, 0.6) is 5.88 Å². The molecule has 0 spiro atoms. The van der Waals surface area contributed by atoms with Crippen LogP contribution < -0.4 is 10.5 Å². The van der Waals surface area contributed by atoms with E-state index >= 15 is 0 Å². The second kappa shape index (κ2) is 5.65. The third-order valence-electron chi connectivity index (χ3n) is 2.87. The van der Waals surface area contributed by atoms with Gasteiger partial charge in [0, 0.05) is 17.8 Å². The zero-order valence-corrected chi connectivity index (χ0v) is 11.7. The van der Waals surface area contributed by atoms with Crippen LogP contribution in [0.25, 0.3) is 0 Å². The van der Waals surface area contributed by atoms with Gasteiger partial charge in [0.15, 0.2) is 7.85 Å². The van der Waals surface area contributed by atoms with E-state index in [2.05, 4.69) is 9.97 Å². The van der Waals surface area contributed by atoms with Gasteiger partial charge in [0.2, 0.25) is 5.88 Å². The third kappa shape index (κ3) is 3.59. The minimum Gasteiger partial charge on any atom is -0.473 e. The molecule has 3 nitrogen and oxygen atoms in total. The lowest BCUT2D eigenvalue weighted by atomic mass is 9.63. The van der Waals surface area contributed by atoms with E-state index in [4.69, 9.17) is 4.74 Å². The largest absolute Gasteiger partial charge is 0.473 e. The van der Waals surface area contributed by atoms with Gasteiger partial charge in [-0.15, -0.1) is 0 Å². The minimum atomic E-state index is -1.57. The fourth-order valence-corrected chi connectivity index (χ4v) is 1.70. The smallest absolute Gasteiger partial charge is 0.215 e. The molecule has 0 radical (unpaired) electrons. The average Bonchev–Trinajstić information content (AvgIpc) is 2.36. The first-order valence-corrected chi connectivity index (χ1v) is 6.26. The van der Waals surface area contributed by atoms with E-state index in [0.717, 1.165) is 0 Å². The van der Waals surface area contributed by atoms with E-state index in [1.807, 2.05) is 0 Å². The second-order valence-corrected chi connectivity index (χ2v) is 5.01. The second-order valence-electron chi connectivity index (χ2n) is 5.01. The van der Waals surface area contributed by atoms with Crippen LogP contribution in [0.2, 0.25) is 0 Å². The van der Waals surface area contributed by atoms with Crippen molar-refractivity contribution in [1.29, 1.82) is 0 Å². The molecular formula is C12H13B3F2N2O. The highest BCUT2D eigenvalue weighted by atomic mass is 19.1. The van der Waals surface area contributed by atoms with E-state index in [-0.39, 0.29) is 6.61 Å². The van der Waals surface area contributed by atoms with Gasteiger partial charge < -0.3 is 4.74 Å². The number of benzene rings is 1. The van der Waals surface area contributed by atoms with Crippen molar-refractivity contribution < 1.29 is 13.5 Å². The van der Waals surface area contributed by atoms with Gasteiger partial charge in [0.25, 0.3) is 0 Å². The Morgan fingerprint density at radius 2 is 2.00 bits per heavy atom. The molecule has 8 heteroatoms. The van der Waals surface area contributed by atoms with Gasteiger partial charge in [-0.25, -0.2) is 9.37 Å². The first-order chi connectivity index (χ1) is 9.36. The minimum absolute atomic E-state index is 0.0370. The zero-order valence-electron chi connectivity index (χ0n) is 11.7. The van der Waals surface area contributed by atoms with Crippen molar-refractivity contribution >= 4 is 29.3 Å². The molecule has 0 atom stereocenters. The maximum Gasteiger partial charge on any atom is 0.215 e. The molecular weight excluding hydrogens is 259 g/mol. The van der Waals surface area contributed by atoms with Crippen LogP contribution in [0, 0.1) is 5.82 Å². The van der Waals surface area contributed by atoms with E-state index in [0.29, 0.717) is 22.7 Å². The molecule has 1 aromatic heterocycles. The summed E-state index contributed by atoms with van der Waals surface area (Å²) in [5.74, 6) is -0.106. The summed E-state index contributed by atoms with van der Waals surface area (Å²) in [4.78, 5) is 8.00. The molecule has 1 heterocycles. The summed E-state index contributed by atoms with van der Waals surface area (Å²) in [5, 5.41) is 0. The van der Waals surface area contributed by atoms with Gasteiger partial charge in [0.05, 0.1) is 11.2 Å². The first-order valence-electron chi connectivity index (χ1n) is 6.26.